The van der Waals surface area contributed by atoms with E-state index in [-0.39, 0.29) is 5.69 Å². The number of rotatable bonds is 9. The van der Waals surface area contributed by atoms with E-state index in [0.717, 1.165) is 39.0 Å². The molecule has 1 heterocycles. The van der Waals surface area contributed by atoms with Crippen LogP contribution in [0.5, 0.6) is 11.5 Å². The highest BCUT2D eigenvalue weighted by atomic mass is 32.1. The molecular weight excluding hydrogens is 452 g/mol. The second-order valence-corrected chi connectivity index (χ2v) is 9.52. The van der Waals surface area contributed by atoms with Crippen molar-refractivity contribution in [2.24, 2.45) is 5.92 Å². The Morgan fingerprint density at radius 2 is 1.88 bits per heavy atom. The average Bonchev–Trinajstić information content (AvgIpc) is 3.57. The summed E-state index contributed by atoms with van der Waals surface area (Å²) in [6, 6.07) is 13.3. The van der Waals surface area contributed by atoms with E-state index in [4.69, 9.17) is 14.6 Å². The van der Waals surface area contributed by atoms with Crippen LogP contribution in [0.4, 0.5) is 0 Å². The Balaban J connectivity index is 0.000000192. The van der Waals surface area contributed by atoms with Crippen LogP contribution in [0, 0.1) is 19.8 Å². The molecule has 182 valence electrons. The number of methoxy groups -OCH3 is 2. The van der Waals surface area contributed by atoms with Crippen molar-refractivity contribution in [3.63, 3.8) is 0 Å². The number of aromatic carboxylic acids is 1. The number of nitrogens with one attached hydrogen (secondary N) is 1. The number of aliphatic hydroxyl groups excluding tert-OH is 1. The summed E-state index contributed by atoms with van der Waals surface area (Å²) < 4.78 is 10.4. The number of nitrogens with zero attached hydrogens (tertiary/aromatic N) is 1. The van der Waals surface area contributed by atoms with Crippen molar-refractivity contribution in [1.82, 2.24) is 10.3 Å². The predicted molar refractivity (Wildman–Crippen MR) is 134 cm³/mol. The summed E-state index contributed by atoms with van der Waals surface area (Å²) in [5.41, 5.74) is 3.02. The van der Waals surface area contributed by atoms with Gasteiger partial charge in [0.15, 0.2) is 17.2 Å². The molecular formula is C26H32N2O5S. The third-order valence-electron chi connectivity index (χ3n) is 5.48. The van der Waals surface area contributed by atoms with Gasteiger partial charge in [0.25, 0.3) is 0 Å². The van der Waals surface area contributed by atoms with E-state index in [1.807, 2.05) is 56.3 Å². The van der Waals surface area contributed by atoms with Gasteiger partial charge in [0, 0.05) is 6.54 Å². The van der Waals surface area contributed by atoms with Crippen molar-refractivity contribution in [2.45, 2.75) is 32.8 Å². The van der Waals surface area contributed by atoms with E-state index >= 15 is 0 Å². The minimum absolute atomic E-state index is 0.146. The summed E-state index contributed by atoms with van der Waals surface area (Å²) in [5, 5.41) is 23.2. The lowest BCUT2D eigenvalue weighted by Gasteiger charge is -2.14. The highest BCUT2D eigenvalue weighted by Gasteiger charge is 2.21. The van der Waals surface area contributed by atoms with Crippen LogP contribution in [0.15, 0.2) is 42.5 Å². The number of benzene rings is 2. The molecule has 7 nitrogen and oxygen atoms in total. The number of carboxylic acid groups (broad SMARTS) is 1. The summed E-state index contributed by atoms with van der Waals surface area (Å²) in [4.78, 5) is 15.8. The number of aliphatic hydroxyl groups is 1. The fourth-order valence-corrected chi connectivity index (χ4v) is 4.38. The van der Waals surface area contributed by atoms with Crippen LogP contribution < -0.4 is 14.8 Å². The first-order valence-electron chi connectivity index (χ1n) is 11.2. The second-order valence-electron chi connectivity index (χ2n) is 8.32. The van der Waals surface area contributed by atoms with Gasteiger partial charge in [-0.25, -0.2) is 9.78 Å². The molecule has 3 aromatic rings. The van der Waals surface area contributed by atoms with Gasteiger partial charge in [-0.3, -0.25) is 0 Å². The number of ether oxygens (including phenoxy) is 2. The number of thiazole rings is 1. The largest absolute Gasteiger partial charge is 0.493 e. The molecule has 0 saturated heterocycles. The molecule has 3 N–H and O–H groups in total. The quantitative estimate of drug-likeness (QED) is 0.399. The van der Waals surface area contributed by atoms with Gasteiger partial charge >= 0.3 is 5.97 Å². The molecule has 34 heavy (non-hydrogen) atoms. The minimum atomic E-state index is -0.971. The molecule has 1 unspecified atom stereocenters. The maximum atomic E-state index is 11.0. The standard InChI is InChI=1S/C14H21NO3.C12H11NO2S/c1-17-13-6-5-11(7-14(13)18-2)12(16)9-15-8-10-3-4-10;1-7-4-3-5-9(6-7)11-10(12(14)15)13-8(2)16-11/h5-7,10,12,15-16H,3-4,8-9H2,1-2H3;3-6H,1-2H3,(H,14,15). The zero-order valence-electron chi connectivity index (χ0n) is 20.0. The minimum Gasteiger partial charge on any atom is -0.493 e. The van der Waals surface area contributed by atoms with E-state index in [1.165, 1.54) is 24.2 Å². The maximum absolute atomic E-state index is 11.0. The third-order valence-corrected chi connectivity index (χ3v) is 6.50. The van der Waals surface area contributed by atoms with Gasteiger partial charge in [-0.2, -0.15) is 0 Å². The second kappa shape index (κ2) is 12.0. The van der Waals surface area contributed by atoms with E-state index in [1.54, 1.807) is 14.2 Å². The van der Waals surface area contributed by atoms with E-state index in [2.05, 4.69) is 10.3 Å². The van der Waals surface area contributed by atoms with Crippen molar-refractivity contribution in [2.75, 3.05) is 27.3 Å². The lowest BCUT2D eigenvalue weighted by Crippen LogP contribution is -2.23. The predicted octanol–water partition coefficient (Wildman–Crippen LogP) is 4.86. The van der Waals surface area contributed by atoms with Crippen molar-refractivity contribution < 1.29 is 24.5 Å². The Morgan fingerprint density at radius 3 is 2.50 bits per heavy atom. The summed E-state index contributed by atoms with van der Waals surface area (Å²) in [6.07, 6.45) is 2.13. The van der Waals surface area contributed by atoms with Gasteiger partial charge in [-0.15, -0.1) is 11.3 Å². The molecule has 0 spiro atoms. The lowest BCUT2D eigenvalue weighted by molar-refractivity contribution is 0.0692. The van der Waals surface area contributed by atoms with Crippen LogP contribution in [-0.4, -0.2) is 48.5 Å². The van der Waals surface area contributed by atoms with Crippen molar-refractivity contribution in [3.05, 3.63) is 64.3 Å². The van der Waals surface area contributed by atoms with Crippen molar-refractivity contribution in [1.29, 1.82) is 0 Å². The summed E-state index contributed by atoms with van der Waals surface area (Å²) in [7, 11) is 3.20. The zero-order valence-corrected chi connectivity index (χ0v) is 20.8. The molecule has 2 aromatic carbocycles. The van der Waals surface area contributed by atoms with Crippen LogP contribution in [-0.2, 0) is 0 Å². The Bertz CT molecular complexity index is 1110. The number of hydrogen-bond donors (Lipinski definition) is 3. The molecule has 1 atom stereocenters. The Kier molecular flexibility index (Phi) is 9.04. The lowest BCUT2D eigenvalue weighted by atomic mass is 10.1. The Hall–Kier alpha value is -2.94. The number of hydrogen-bond acceptors (Lipinski definition) is 7. The molecule has 4 rings (SSSR count). The molecule has 0 bridgehead atoms. The maximum Gasteiger partial charge on any atom is 0.356 e. The third kappa shape index (κ3) is 7.03. The van der Waals surface area contributed by atoms with E-state index in [0.29, 0.717) is 18.0 Å². The van der Waals surface area contributed by atoms with Crippen LogP contribution in [0.1, 0.15) is 45.6 Å². The number of aryl methyl sites for hydroxylation is 2. The van der Waals surface area contributed by atoms with Gasteiger partial charge in [0.1, 0.15) is 0 Å². The smallest absolute Gasteiger partial charge is 0.356 e. The van der Waals surface area contributed by atoms with Gasteiger partial charge in [0.05, 0.1) is 30.2 Å². The molecule has 1 aliphatic rings. The number of aromatic nitrogens is 1. The molecule has 1 saturated carbocycles. The molecule has 0 radical (unpaired) electrons. The van der Waals surface area contributed by atoms with Crippen LogP contribution in [0.2, 0.25) is 0 Å². The fourth-order valence-electron chi connectivity index (χ4n) is 3.48. The van der Waals surface area contributed by atoms with Crippen LogP contribution in [0.3, 0.4) is 0 Å². The SMILES string of the molecule is COc1ccc(C(O)CNCC2CC2)cc1OC.Cc1cccc(-c2sc(C)nc2C(=O)O)c1. The Labute approximate surface area is 204 Å². The molecule has 0 amide bonds. The monoisotopic (exact) mass is 484 g/mol. The summed E-state index contributed by atoms with van der Waals surface area (Å²) >= 11 is 1.41. The topological polar surface area (TPSA) is 101 Å². The van der Waals surface area contributed by atoms with Gasteiger partial charge in [0.2, 0.25) is 0 Å². The highest BCUT2D eigenvalue weighted by Crippen LogP contribution is 2.31. The van der Waals surface area contributed by atoms with Crippen LogP contribution >= 0.6 is 11.3 Å². The van der Waals surface area contributed by atoms with Crippen molar-refractivity contribution in [3.8, 4) is 21.9 Å². The van der Waals surface area contributed by atoms with Gasteiger partial charge in [-0.1, -0.05) is 35.9 Å². The average molecular weight is 485 g/mol. The number of carbonyl (C=O) groups is 1. The molecule has 1 aromatic heterocycles. The number of carboxylic acids is 1. The van der Waals surface area contributed by atoms with Crippen molar-refractivity contribution >= 4 is 17.3 Å². The van der Waals surface area contributed by atoms with Crippen LogP contribution in [0.25, 0.3) is 10.4 Å². The fraction of sp³-hybridized carbons (Fsp3) is 0.385. The Morgan fingerprint density at radius 1 is 1.15 bits per heavy atom. The van der Waals surface area contributed by atoms with E-state index in [9.17, 15) is 9.90 Å². The molecule has 8 heteroatoms. The molecule has 1 fully saturated rings. The first-order valence-corrected chi connectivity index (χ1v) is 12.0. The molecule has 1 aliphatic carbocycles. The zero-order chi connectivity index (χ0) is 24.7. The normalized spacial score (nSPS) is 13.6. The first-order chi connectivity index (χ1) is 16.3. The van der Waals surface area contributed by atoms with Gasteiger partial charge < -0.3 is 25.0 Å². The van der Waals surface area contributed by atoms with E-state index < -0.39 is 12.1 Å². The van der Waals surface area contributed by atoms with Gasteiger partial charge in [-0.05, 0) is 62.4 Å². The highest BCUT2D eigenvalue weighted by molar-refractivity contribution is 7.15. The first kappa shape index (κ1) is 25.7. The summed E-state index contributed by atoms with van der Waals surface area (Å²) in [6.45, 7) is 5.38. The summed E-state index contributed by atoms with van der Waals surface area (Å²) in [5.74, 6) is 1.18. The molecule has 0 aliphatic heterocycles.